The number of Topliss-reactive ketones (excluding diaryl/α,β-unsaturated/α-hetero) is 1. The molecule has 23 heavy (non-hydrogen) atoms. The van der Waals surface area contributed by atoms with Gasteiger partial charge in [-0.15, -0.1) is 5.10 Å². The molecule has 2 fully saturated rings. The van der Waals surface area contributed by atoms with Crippen LogP contribution in [-0.2, 0) is 23.2 Å². The van der Waals surface area contributed by atoms with E-state index in [9.17, 15) is 9.90 Å². The Balaban J connectivity index is 1.44. The molecule has 0 radical (unpaired) electrons. The Labute approximate surface area is 135 Å². The van der Waals surface area contributed by atoms with Crippen LogP contribution in [0.2, 0.25) is 0 Å². The first-order chi connectivity index (χ1) is 11.1. The fraction of sp³-hybridized carbons (Fsp3) is 0.500. The first-order valence-corrected chi connectivity index (χ1v) is 8.30. The average molecular weight is 311 g/mol. The van der Waals surface area contributed by atoms with E-state index in [0.29, 0.717) is 6.42 Å². The van der Waals surface area contributed by atoms with E-state index in [0.717, 1.165) is 43.4 Å². The van der Waals surface area contributed by atoms with Crippen molar-refractivity contribution < 1.29 is 9.90 Å². The number of carbonyl (C=O) groups excluding carboxylic acids is 1. The minimum absolute atomic E-state index is 0.197. The zero-order valence-electron chi connectivity index (χ0n) is 13.1. The molecule has 2 aliphatic rings. The highest BCUT2D eigenvalue weighted by Crippen LogP contribution is 2.49. The van der Waals surface area contributed by atoms with Crippen molar-refractivity contribution >= 4 is 5.78 Å². The molecule has 1 aromatic heterocycles. The van der Waals surface area contributed by atoms with Crippen LogP contribution in [0.5, 0.6) is 0 Å². The summed E-state index contributed by atoms with van der Waals surface area (Å²) in [6.45, 7) is 0.250. The van der Waals surface area contributed by atoms with Crippen molar-refractivity contribution in [1.29, 1.82) is 0 Å². The number of nitrogens with zero attached hydrogens (tertiary/aromatic N) is 3. The number of aliphatic hydroxyl groups is 1. The monoisotopic (exact) mass is 311 g/mol. The Kier molecular flexibility index (Phi) is 3.34. The van der Waals surface area contributed by atoms with Gasteiger partial charge in [-0.05, 0) is 37.7 Å². The summed E-state index contributed by atoms with van der Waals surface area (Å²) in [5.74, 6) is 0.197. The molecule has 0 bridgehead atoms. The highest BCUT2D eigenvalue weighted by Gasteiger charge is 2.50. The molecule has 0 atom stereocenters. The van der Waals surface area contributed by atoms with Crippen LogP contribution in [-0.4, -0.2) is 31.5 Å². The second kappa shape index (κ2) is 5.27. The SMILES string of the molecule is O=C(Cn1cc(CC2(O)CCC2)nn1)C1(c2ccccc2)CC1. The molecular weight excluding hydrogens is 290 g/mol. The third-order valence-corrected chi connectivity index (χ3v) is 5.30. The number of hydrogen-bond acceptors (Lipinski definition) is 4. The maximum absolute atomic E-state index is 12.7. The van der Waals surface area contributed by atoms with Crippen molar-refractivity contribution in [3.8, 4) is 0 Å². The van der Waals surface area contributed by atoms with E-state index < -0.39 is 5.60 Å². The minimum atomic E-state index is -0.605. The molecule has 2 aromatic rings. The lowest BCUT2D eigenvalue weighted by Crippen LogP contribution is -2.39. The third-order valence-electron chi connectivity index (χ3n) is 5.30. The summed E-state index contributed by atoms with van der Waals surface area (Å²) in [6.07, 6.45) is 6.89. The van der Waals surface area contributed by atoms with Gasteiger partial charge < -0.3 is 5.11 Å². The fourth-order valence-corrected chi connectivity index (χ4v) is 3.50. The Morgan fingerprint density at radius 2 is 1.91 bits per heavy atom. The van der Waals surface area contributed by atoms with E-state index in [1.54, 1.807) is 10.9 Å². The zero-order chi connectivity index (χ0) is 15.9. The second-order valence-corrected chi connectivity index (χ2v) is 7.03. The van der Waals surface area contributed by atoms with Crippen LogP contribution in [0.4, 0.5) is 0 Å². The number of hydrogen-bond donors (Lipinski definition) is 1. The predicted molar refractivity (Wildman–Crippen MR) is 84.9 cm³/mol. The second-order valence-electron chi connectivity index (χ2n) is 7.03. The summed E-state index contributed by atoms with van der Waals surface area (Å²) in [7, 11) is 0. The molecule has 1 aromatic carbocycles. The van der Waals surface area contributed by atoms with Crippen LogP contribution in [0.25, 0.3) is 0 Å². The molecule has 0 aliphatic heterocycles. The van der Waals surface area contributed by atoms with Crippen LogP contribution >= 0.6 is 0 Å². The fourth-order valence-electron chi connectivity index (χ4n) is 3.50. The highest BCUT2D eigenvalue weighted by atomic mass is 16.3. The molecule has 0 saturated heterocycles. The summed E-state index contributed by atoms with van der Waals surface area (Å²) in [5.41, 5.74) is 0.949. The lowest BCUT2D eigenvalue weighted by atomic mass is 9.77. The summed E-state index contributed by atoms with van der Waals surface area (Å²) >= 11 is 0. The Hall–Kier alpha value is -2.01. The standard InChI is InChI=1S/C18H21N3O2/c22-16(18(9-10-18)14-5-2-1-3-6-14)13-21-12-15(19-20-21)11-17(23)7-4-8-17/h1-3,5-6,12,23H,4,7-11,13H2. The molecule has 0 spiro atoms. The van der Waals surface area contributed by atoms with Crippen molar-refractivity contribution in [3.05, 3.63) is 47.8 Å². The van der Waals surface area contributed by atoms with E-state index in [1.165, 1.54) is 0 Å². The van der Waals surface area contributed by atoms with Crippen LogP contribution in [0.3, 0.4) is 0 Å². The van der Waals surface area contributed by atoms with Gasteiger partial charge in [0.1, 0.15) is 6.54 Å². The topological polar surface area (TPSA) is 68.0 Å². The van der Waals surface area contributed by atoms with Gasteiger partial charge >= 0.3 is 0 Å². The zero-order valence-corrected chi connectivity index (χ0v) is 13.1. The van der Waals surface area contributed by atoms with Crippen molar-refractivity contribution in [3.63, 3.8) is 0 Å². The first-order valence-electron chi connectivity index (χ1n) is 8.30. The van der Waals surface area contributed by atoms with E-state index >= 15 is 0 Å². The van der Waals surface area contributed by atoms with Gasteiger partial charge in [0, 0.05) is 12.6 Å². The van der Waals surface area contributed by atoms with Gasteiger partial charge in [-0.2, -0.15) is 0 Å². The largest absolute Gasteiger partial charge is 0.389 e. The van der Waals surface area contributed by atoms with Gasteiger partial charge in [-0.3, -0.25) is 4.79 Å². The molecular formula is C18H21N3O2. The number of benzene rings is 1. The Morgan fingerprint density at radius 3 is 2.52 bits per heavy atom. The van der Waals surface area contributed by atoms with E-state index in [2.05, 4.69) is 10.3 Å². The van der Waals surface area contributed by atoms with Gasteiger partial charge in [-0.25, -0.2) is 4.68 Å². The smallest absolute Gasteiger partial charge is 0.164 e. The van der Waals surface area contributed by atoms with Crippen molar-refractivity contribution in [1.82, 2.24) is 15.0 Å². The van der Waals surface area contributed by atoms with Crippen LogP contribution in [0.15, 0.2) is 36.5 Å². The van der Waals surface area contributed by atoms with Crippen LogP contribution < -0.4 is 0 Å². The molecule has 0 unspecified atom stereocenters. The highest BCUT2D eigenvalue weighted by molar-refractivity contribution is 5.92. The molecule has 5 nitrogen and oxygen atoms in total. The van der Waals surface area contributed by atoms with Crippen LogP contribution in [0, 0.1) is 0 Å². The molecule has 2 saturated carbocycles. The molecule has 1 N–H and O–H groups in total. The van der Waals surface area contributed by atoms with Gasteiger partial charge in [0.25, 0.3) is 0 Å². The van der Waals surface area contributed by atoms with Crippen molar-refractivity contribution in [2.45, 2.75) is 56.1 Å². The molecule has 4 rings (SSSR count). The quantitative estimate of drug-likeness (QED) is 0.886. The number of rotatable bonds is 6. The first kappa shape index (κ1) is 14.6. The van der Waals surface area contributed by atoms with E-state index in [4.69, 9.17) is 0 Å². The van der Waals surface area contributed by atoms with Crippen LogP contribution in [0.1, 0.15) is 43.4 Å². The van der Waals surface area contributed by atoms with E-state index in [1.807, 2.05) is 30.3 Å². The Morgan fingerprint density at radius 1 is 1.17 bits per heavy atom. The lowest BCUT2D eigenvalue weighted by molar-refractivity contribution is -0.122. The van der Waals surface area contributed by atoms with E-state index in [-0.39, 0.29) is 17.7 Å². The Bertz CT molecular complexity index is 715. The molecule has 2 aliphatic carbocycles. The summed E-state index contributed by atoms with van der Waals surface area (Å²) in [4.78, 5) is 12.7. The third kappa shape index (κ3) is 2.70. The van der Waals surface area contributed by atoms with Gasteiger partial charge in [0.2, 0.25) is 0 Å². The molecule has 5 heteroatoms. The minimum Gasteiger partial charge on any atom is -0.389 e. The summed E-state index contributed by atoms with van der Waals surface area (Å²) < 4.78 is 1.61. The number of ketones is 1. The maximum Gasteiger partial charge on any atom is 0.164 e. The lowest BCUT2D eigenvalue weighted by Gasteiger charge is -2.35. The van der Waals surface area contributed by atoms with Gasteiger partial charge in [0.05, 0.1) is 16.7 Å². The molecule has 0 amide bonds. The van der Waals surface area contributed by atoms with Crippen molar-refractivity contribution in [2.24, 2.45) is 0 Å². The summed E-state index contributed by atoms with van der Waals surface area (Å²) in [6, 6.07) is 10.00. The summed E-state index contributed by atoms with van der Waals surface area (Å²) in [5, 5.41) is 18.4. The van der Waals surface area contributed by atoms with Crippen molar-refractivity contribution in [2.75, 3.05) is 0 Å². The number of carbonyl (C=O) groups is 1. The predicted octanol–water partition coefficient (Wildman–Crippen LogP) is 2.04. The van der Waals surface area contributed by atoms with Gasteiger partial charge in [0.15, 0.2) is 5.78 Å². The normalized spacial score (nSPS) is 20.7. The van der Waals surface area contributed by atoms with Gasteiger partial charge in [-0.1, -0.05) is 35.5 Å². The molecule has 1 heterocycles. The maximum atomic E-state index is 12.7. The molecule has 120 valence electrons. The number of aromatic nitrogens is 3. The average Bonchev–Trinajstić information content (AvgIpc) is 3.24.